The first kappa shape index (κ1) is 15.3. The van der Waals surface area contributed by atoms with Crippen molar-refractivity contribution < 1.29 is 18.8 Å². The molecule has 1 aliphatic rings. The van der Waals surface area contributed by atoms with Crippen molar-refractivity contribution in [2.45, 2.75) is 44.4 Å². The molecule has 0 amide bonds. The Bertz CT molecular complexity index is 542. The molecule has 2 N–H and O–H groups in total. The summed E-state index contributed by atoms with van der Waals surface area (Å²) in [7, 11) is 0. The van der Waals surface area contributed by atoms with Gasteiger partial charge < -0.3 is 9.66 Å². The molecular weight excluding hydrogens is 281 g/mol. The van der Waals surface area contributed by atoms with Gasteiger partial charge in [0.2, 0.25) is 0 Å². The number of carboxylic acids is 1. The largest absolute Gasteiger partial charge is 0.598 e. The summed E-state index contributed by atoms with van der Waals surface area (Å²) in [5.74, 6) is -1.50. The Labute approximate surface area is 120 Å². The lowest BCUT2D eigenvalue weighted by molar-refractivity contribution is 0.0695. The minimum absolute atomic E-state index is 0.132. The maximum absolute atomic E-state index is 14.0. The molecule has 0 heterocycles. The number of benzene rings is 1. The first-order valence-corrected chi connectivity index (χ1v) is 7.59. The number of hydrogen-bond donors (Lipinski definition) is 2. The highest BCUT2D eigenvalue weighted by Gasteiger charge is 2.36. The summed E-state index contributed by atoms with van der Waals surface area (Å²) in [5.41, 5.74) is 0.996. The molecule has 4 nitrogen and oxygen atoms in total. The Balaban J connectivity index is 2.33. The molecule has 0 unspecified atom stereocenters. The van der Waals surface area contributed by atoms with Gasteiger partial charge in [0, 0.05) is 16.9 Å². The van der Waals surface area contributed by atoms with Crippen LogP contribution in [0.25, 0.3) is 0 Å². The normalized spacial score (nSPS) is 19.8. The van der Waals surface area contributed by atoms with E-state index in [0.29, 0.717) is 24.0 Å². The summed E-state index contributed by atoms with van der Waals surface area (Å²) < 4.78 is 28.6. The minimum Gasteiger partial charge on any atom is -0.598 e. The predicted molar refractivity (Wildman–Crippen MR) is 75.5 cm³/mol. The van der Waals surface area contributed by atoms with E-state index in [-0.39, 0.29) is 5.56 Å². The van der Waals surface area contributed by atoms with Gasteiger partial charge in [0.25, 0.3) is 0 Å². The topological polar surface area (TPSA) is 72.4 Å². The first-order valence-electron chi connectivity index (χ1n) is 6.44. The van der Waals surface area contributed by atoms with Crippen molar-refractivity contribution in [2.24, 2.45) is 0 Å². The highest BCUT2D eigenvalue weighted by Crippen LogP contribution is 2.36. The van der Waals surface area contributed by atoms with Crippen LogP contribution in [0.2, 0.25) is 0 Å². The first-order chi connectivity index (χ1) is 9.21. The third-order valence-electron chi connectivity index (χ3n) is 3.37. The Morgan fingerprint density at radius 3 is 2.70 bits per heavy atom. The lowest BCUT2D eigenvalue weighted by Gasteiger charge is -2.26. The van der Waals surface area contributed by atoms with E-state index in [1.54, 1.807) is 0 Å². The number of hydrogen-bond acceptors (Lipinski definition) is 3. The Morgan fingerprint density at radius 1 is 1.50 bits per heavy atom. The van der Waals surface area contributed by atoms with Crippen molar-refractivity contribution in [2.75, 3.05) is 0 Å². The van der Waals surface area contributed by atoms with Crippen LogP contribution in [0.5, 0.6) is 0 Å². The molecule has 0 saturated heterocycles. The van der Waals surface area contributed by atoms with Crippen LogP contribution in [-0.2, 0) is 17.8 Å². The number of aromatic carboxylic acids is 1. The molecule has 0 aliphatic heterocycles. The van der Waals surface area contributed by atoms with Crippen molar-refractivity contribution in [3.05, 3.63) is 34.6 Å². The standard InChI is InChI=1S/C14H18FNO3S/c1-14(2,3)20(19)16-11-7-5-8-9(13(17)18)4-6-10(15)12(8)11/h4,6,11,16H,5,7H2,1-3H3,(H,17,18)/t11-,20-/m0/s1. The summed E-state index contributed by atoms with van der Waals surface area (Å²) >= 11 is -1.32. The lowest BCUT2D eigenvalue weighted by atomic mass is 10.0. The molecule has 6 heteroatoms. The number of carboxylic acid groups (broad SMARTS) is 1. The van der Waals surface area contributed by atoms with E-state index < -0.39 is 33.9 Å². The van der Waals surface area contributed by atoms with Gasteiger partial charge in [-0.2, -0.15) is 0 Å². The van der Waals surface area contributed by atoms with Gasteiger partial charge in [0.15, 0.2) is 0 Å². The number of nitrogens with one attached hydrogen (secondary N) is 1. The van der Waals surface area contributed by atoms with E-state index in [9.17, 15) is 13.7 Å². The van der Waals surface area contributed by atoms with Crippen molar-refractivity contribution in [3.8, 4) is 0 Å². The van der Waals surface area contributed by atoms with Crippen molar-refractivity contribution in [3.63, 3.8) is 0 Å². The van der Waals surface area contributed by atoms with Crippen LogP contribution in [0.15, 0.2) is 12.1 Å². The van der Waals surface area contributed by atoms with Crippen LogP contribution in [0, 0.1) is 5.82 Å². The van der Waals surface area contributed by atoms with Crippen LogP contribution >= 0.6 is 0 Å². The van der Waals surface area contributed by atoms with Gasteiger partial charge in [-0.3, -0.25) is 0 Å². The van der Waals surface area contributed by atoms with E-state index in [1.807, 2.05) is 20.8 Å². The van der Waals surface area contributed by atoms with Gasteiger partial charge in [-0.1, -0.05) is 0 Å². The minimum atomic E-state index is -1.32. The van der Waals surface area contributed by atoms with Crippen LogP contribution in [0.4, 0.5) is 4.39 Å². The lowest BCUT2D eigenvalue weighted by Crippen LogP contribution is -2.40. The highest BCUT2D eigenvalue weighted by molar-refractivity contribution is 7.90. The summed E-state index contributed by atoms with van der Waals surface area (Å²) in [4.78, 5) is 11.2. The molecule has 0 bridgehead atoms. The van der Waals surface area contributed by atoms with Gasteiger partial charge in [-0.25, -0.2) is 9.18 Å². The molecule has 0 fully saturated rings. The van der Waals surface area contributed by atoms with Crippen LogP contribution < -0.4 is 4.72 Å². The van der Waals surface area contributed by atoms with Crippen molar-refractivity contribution >= 4 is 17.3 Å². The monoisotopic (exact) mass is 299 g/mol. The Morgan fingerprint density at radius 2 is 2.15 bits per heavy atom. The fraction of sp³-hybridized carbons (Fsp3) is 0.500. The average molecular weight is 299 g/mol. The second kappa shape index (κ2) is 5.35. The third kappa shape index (κ3) is 2.82. The molecule has 2 rings (SSSR count). The molecule has 20 heavy (non-hydrogen) atoms. The third-order valence-corrected chi connectivity index (χ3v) is 4.98. The zero-order valence-corrected chi connectivity index (χ0v) is 12.5. The van der Waals surface area contributed by atoms with E-state index in [1.165, 1.54) is 12.1 Å². The number of fused-ring (bicyclic) bond motifs is 1. The molecule has 1 aliphatic carbocycles. The molecule has 2 atom stereocenters. The molecule has 110 valence electrons. The quantitative estimate of drug-likeness (QED) is 0.841. The SMILES string of the molecule is CC(C)(C)[S@+]([O-])N[C@H]1CCc2c(C(=O)O)ccc(F)c21. The summed E-state index contributed by atoms with van der Waals surface area (Å²) in [5, 5.41) is 9.13. The van der Waals surface area contributed by atoms with Gasteiger partial charge in [0.05, 0.1) is 11.6 Å². The molecule has 0 aromatic heterocycles. The maximum Gasteiger partial charge on any atom is 0.335 e. The summed E-state index contributed by atoms with van der Waals surface area (Å²) in [6, 6.07) is 2.06. The number of carbonyl (C=O) groups is 1. The fourth-order valence-corrected chi connectivity index (χ4v) is 3.19. The van der Waals surface area contributed by atoms with Crippen molar-refractivity contribution in [1.82, 2.24) is 4.72 Å². The number of halogens is 1. The summed E-state index contributed by atoms with van der Waals surface area (Å²) in [6.07, 6.45) is 1.03. The van der Waals surface area contributed by atoms with E-state index in [4.69, 9.17) is 5.11 Å². The average Bonchev–Trinajstić information content (AvgIpc) is 2.72. The van der Waals surface area contributed by atoms with Crippen LogP contribution in [0.1, 0.15) is 54.7 Å². The molecule has 1 aromatic carbocycles. The molecule has 0 radical (unpaired) electrons. The van der Waals surface area contributed by atoms with E-state index >= 15 is 0 Å². The van der Waals surface area contributed by atoms with Crippen molar-refractivity contribution in [1.29, 1.82) is 0 Å². The van der Waals surface area contributed by atoms with Gasteiger partial charge in [-0.05, 0) is 51.3 Å². The summed E-state index contributed by atoms with van der Waals surface area (Å²) in [6.45, 7) is 5.49. The molecule has 0 saturated carbocycles. The second-order valence-electron chi connectivity index (χ2n) is 5.88. The van der Waals surface area contributed by atoms with E-state index in [0.717, 1.165) is 0 Å². The molecular formula is C14H18FNO3S. The smallest absolute Gasteiger partial charge is 0.335 e. The fourth-order valence-electron chi connectivity index (χ4n) is 2.34. The van der Waals surface area contributed by atoms with E-state index in [2.05, 4.69) is 4.72 Å². The van der Waals surface area contributed by atoms with Gasteiger partial charge in [0.1, 0.15) is 10.6 Å². The van der Waals surface area contributed by atoms with Gasteiger partial charge >= 0.3 is 5.97 Å². The predicted octanol–water partition coefficient (Wildman–Crippen LogP) is 2.56. The highest BCUT2D eigenvalue weighted by atomic mass is 32.2. The molecule has 1 aromatic rings. The number of rotatable bonds is 3. The Kier molecular flexibility index (Phi) is 4.09. The van der Waals surface area contributed by atoms with Crippen LogP contribution in [0.3, 0.4) is 0 Å². The van der Waals surface area contributed by atoms with Crippen LogP contribution in [-0.4, -0.2) is 20.4 Å². The molecule has 0 spiro atoms. The maximum atomic E-state index is 14.0. The second-order valence-corrected chi connectivity index (χ2v) is 7.88. The zero-order chi connectivity index (χ0) is 15.1. The Hall–Kier alpha value is -1.11. The van der Waals surface area contributed by atoms with Gasteiger partial charge in [-0.15, -0.1) is 4.72 Å². The zero-order valence-electron chi connectivity index (χ0n) is 11.7.